The number of amides is 3. The Morgan fingerprint density at radius 2 is 1.90 bits per heavy atom. The number of aromatic nitrogens is 1. The Kier molecular flexibility index (Phi) is 5.71. The predicted octanol–water partition coefficient (Wildman–Crippen LogP) is 1.06. The Bertz CT molecular complexity index is 971. The number of nitrogens with zero attached hydrogens (tertiary/aromatic N) is 2. The molecule has 2 aliphatic heterocycles. The summed E-state index contributed by atoms with van der Waals surface area (Å²) in [7, 11) is 0. The maximum atomic E-state index is 12.9. The largest absolute Gasteiger partial charge is 0.463 e. The molecule has 158 valence electrons. The smallest absolute Gasteiger partial charge is 0.337 e. The van der Waals surface area contributed by atoms with Crippen molar-refractivity contribution >= 4 is 28.8 Å². The van der Waals surface area contributed by atoms with Gasteiger partial charge in [0.2, 0.25) is 0 Å². The number of rotatable bonds is 5. The van der Waals surface area contributed by atoms with E-state index in [1.165, 1.54) is 0 Å². The van der Waals surface area contributed by atoms with Gasteiger partial charge in [-0.25, -0.2) is 9.59 Å². The molecule has 4 rings (SSSR count). The highest BCUT2D eigenvalue weighted by atomic mass is 16.5. The molecule has 30 heavy (non-hydrogen) atoms. The first kappa shape index (κ1) is 20.0. The number of carbonyl (C=O) groups excluding carboxylic acids is 3. The van der Waals surface area contributed by atoms with E-state index in [0.717, 1.165) is 10.9 Å². The van der Waals surface area contributed by atoms with Crippen molar-refractivity contribution in [1.29, 1.82) is 0 Å². The lowest BCUT2D eigenvalue weighted by molar-refractivity contribution is -0.138. The van der Waals surface area contributed by atoms with Crippen LogP contribution in [0.2, 0.25) is 0 Å². The molecule has 2 aromatic rings. The van der Waals surface area contributed by atoms with Crippen LogP contribution in [0.25, 0.3) is 10.9 Å². The van der Waals surface area contributed by atoms with E-state index in [0.29, 0.717) is 49.7 Å². The van der Waals surface area contributed by atoms with Crippen LogP contribution in [0.1, 0.15) is 17.4 Å². The first-order chi connectivity index (χ1) is 14.5. The summed E-state index contributed by atoms with van der Waals surface area (Å²) in [6.45, 7) is 5.04. The maximum Gasteiger partial charge on any atom is 0.337 e. The SMILES string of the molecule is CCOC(=O)C1=C(CN2CCN(C(=O)c3cc4ccccc4[nH]3)CC2)NC(=O)NC1. The number of ether oxygens (including phenoxy) is 1. The number of nitrogens with one attached hydrogen (secondary N) is 3. The molecule has 0 atom stereocenters. The molecule has 0 saturated carbocycles. The van der Waals surface area contributed by atoms with Gasteiger partial charge in [0, 0.05) is 49.3 Å². The average molecular weight is 411 g/mol. The van der Waals surface area contributed by atoms with E-state index in [4.69, 9.17) is 4.74 Å². The number of esters is 1. The number of urea groups is 1. The third-order valence-electron chi connectivity index (χ3n) is 5.38. The number of para-hydroxylation sites is 1. The van der Waals surface area contributed by atoms with Crippen LogP contribution >= 0.6 is 0 Å². The molecular formula is C21H25N5O4. The number of hydrogen-bond acceptors (Lipinski definition) is 5. The fourth-order valence-electron chi connectivity index (χ4n) is 3.77. The van der Waals surface area contributed by atoms with Gasteiger partial charge in [0.25, 0.3) is 5.91 Å². The number of aromatic amines is 1. The number of hydrogen-bond donors (Lipinski definition) is 3. The summed E-state index contributed by atoms with van der Waals surface area (Å²) in [6.07, 6.45) is 0. The Hall–Kier alpha value is -3.33. The first-order valence-corrected chi connectivity index (χ1v) is 10.1. The molecule has 9 heteroatoms. The molecule has 1 aromatic carbocycles. The van der Waals surface area contributed by atoms with Gasteiger partial charge in [-0.15, -0.1) is 0 Å². The zero-order valence-electron chi connectivity index (χ0n) is 16.9. The standard InChI is InChI=1S/C21H25N5O4/c1-2-30-20(28)15-12-22-21(29)24-18(15)13-25-7-9-26(10-8-25)19(27)17-11-14-5-3-4-6-16(14)23-17/h3-6,11,23H,2,7-10,12-13H2,1H3,(H2,22,24,29). The van der Waals surface area contributed by atoms with Crippen molar-refractivity contribution in [3.63, 3.8) is 0 Å². The highest BCUT2D eigenvalue weighted by molar-refractivity contribution is 5.98. The van der Waals surface area contributed by atoms with Gasteiger partial charge in [0.1, 0.15) is 5.69 Å². The van der Waals surface area contributed by atoms with Crippen molar-refractivity contribution in [3.05, 3.63) is 47.3 Å². The molecule has 9 nitrogen and oxygen atoms in total. The second-order valence-electron chi connectivity index (χ2n) is 7.32. The van der Waals surface area contributed by atoms with Crippen LogP contribution < -0.4 is 10.6 Å². The van der Waals surface area contributed by atoms with Gasteiger partial charge in [-0.05, 0) is 19.1 Å². The van der Waals surface area contributed by atoms with Gasteiger partial charge in [-0.1, -0.05) is 18.2 Å². The normalized spacial score (nSPS) is 17.6. The minimum atomic E-state index is -0.423. The van der Waals surface area contributed by atoms with Crippen LogP contribution in [-0.2, 0) is 9.53 Å². The lowest BCUT2D eigenvalue weighted by Gasteiger charge is -2.35. The summed E-state index contributed by atoms with van der Waals surface area (Å²) in [5.41, 5.74) is 2.53. The molecule has 3 heterocycles. The zero-order valence-corrected chi connectivity index (χ0v) is 16.9. The van der Waals surface area contributed by atoms with Gasteiger partial charge < -0.3 is 25.3 Å². The lowest BCUT2D eigenvalue weighted by atomic mass is 10.1. The van der Waals surface area contributed by atoms with Crippen molar-refractivity contribution < 1.29 is 19.1 Å². The van der Waals surface area contributed by atoms with E-state index in [2.05, 4.69) is 20.5 Å². The predicted molar refractivity (Wildman–Crippen MR) is 111 cm³/mol. The Morgan fingerprint density at radius 3 is 2.63 bits per heavy atom. The van der Waals surface area contributed by atoms with Gasteiger partial charge in [0.15, 0.2) is 0 Å². The fourth-order valence-corrected chi connectivity index (χ4v) is 3.77. The first-order valence-electron chi connectivity index (χ1n) is 10.1. The van der Waals surface area contributed by atoms with Crippen molar-refractivity contribution in [2.45, 2.75) is 6.92 Å². The van der Waals surface area contributed by atoms with Crippen molar-refractivity contribution in [2.24, 2.45) is 0 Å². The summed E-state index contributed by atoms with van der Waals surface area (Å²) in [5.74, 6) is -0.444. The van der Waals surface area contributed by atoms with Crippen LogP contribution in [0.3, 0.4) is 0 Å². The molecule has 2 aliphatic rings. The quantitative estimate of drug-likeness (QED) is 0.638. The number of benzene rings is 1. The molecule has 1 aromatic heterocycles. The minimum Gasteiger partial charge on any atom is -0.463 e. The molecule has 1 saturated heterocycles. The topological polar surface area (TPSA) is 107 Å². The van der Waals surface area contributed by atoms with Crippen LogP contribution in [0.4, 0.5) is 4.79 Å². The summed E-state index contributed by atoms with van der Waals surface area (Å²) < 4.78 is 5.10. The molecule has 0 unspecified atom stereocenters. The molecule has 0 bridgehead atoms. The van der Waals surface area contributed by atoms with Gasteiger partial charge in [-0.2, -0.15) is 0 Å². The van der Waals surface area contributed by atoms with Crippen LogP contribution in [-0.4, -0.2) is 78.6 Å². The summed E-state index contributed by atoms with van der Waals surface area (Å²) in [4.78, 5) is 43.9. The van der Waals surface area contributed by atoms with Gasteiger partial charge >= 0.3 is 12.0 Å². The fraction of sp³-hybridized carbons (Fsp3) is 0.381. The van der Waals surface area contributed by atoms with E-state index in [1.807, 2.05) is 35.2 Å². The summed E-state index contributed by atoms with van der Waals surface area (Å²) in [5, 5.41) is 6.35. The Balaban J connectivity index is 1.39. The Morgan fingerprint density at radius 1 is 1.13 bits per heavy atom. The van der Waals surface area contributed by atoms with Crippen LogP contribution in [0.5, 0.6) is 0 Å². The highest BCUT2D eigenvalue weighted by Crippen LogP contribution is 2.17. The number of piperazine rings is 1. The monoisotopic (exact) mass is 411 g/mol. The molecule has 0 radical (unpaired) electrons. The van der Waals surface area contributed by atoms with Crippen LogP contribution in [0.15, 0.2) is 41.6 Å². The van der Waals surface area contributed by atoms with Crippen molar-refractivity contribution in [3.8, 4) is 0 Å². The number of carbonyl (C=O) groups is 3. The van der Waals surface area contributed by atoms with Crippen molar-refractivity contribution in [2.75, 3.05) is 45.9 Å². The van der Waals surface area contributed by atoms with E-state index >= 15 is 0 Å². The van der Waals surface area contributed by atoms with Gasteiger partial charge in [-0.3, -0.25) is 9.69 Å². The molecular weight excluding hydrogens is 386 g/mol. The average Bonchev–Trinajstić information content (AvgIpc) is 3.18. The molecule has 3 N–H and O–H groups in total. The molecule has 1 fully saturated rings. The van der Waals surface area contributed by atoms with Crippen molar-refractivity contribution in [1.82, 2.24) is 25.4 Å². The summed E-state index contributed by atoms with van der Waals surface area (Å²) in [6, 6.07) is 9.36. The zero-order chi connectivity index (χ0) is 21.1. The minimum absolute atomic E-state index is 0.0209. The Labute approximate surface area is 174 Å². The lowest BCUT2D eigenvalue weighted by Crippen LogP contribution is -2.52. The molecule has 0 spiro atoms. The van der Waals surface area contributed by atoms with E-state index < -0.39 is 5.97 Å². The number of H-pyrrole nitrogens is 1. The second kappa shape index (κ2) is 8.58. The van der Waals surface area contributed by atoms with Gasteiger partial charge in [0.05, 0.1) is 18.7 Å². The number of fused-ring (bicyclic) bond motifs is 1. The third-order valence-corrected chi connectivity index (χ3v) is 5.38. The van der Waals surface area contributed by atoms with Crippen LogP contribution in [0, 0.1) is 0 Å². The maximum absolute atomic E-state index is 12.9. The third kappa shape index (κ3) is 4.16. The van der Waals surface area contributed by atoms with E-state index in [1.54, 1.807) is 6.92 Å². The summed E-state index contributed by atoms with van der Waals surface area (Å²) >= 11 is 0. The molecule has 3 amide bonds. The molecule has 0 aliphatic carbocycles. The highest BCUT2D eigenvalue weighted by Gasteiger charge is 2.28. The van der Waals surface area contributed by atoms with E-state index in [9.17, 15) is 14.4 Å². The second-order valence-corrected chi connectivity index (χ2v) is 7.32. The van der Waals surface area contributed by atoms with E-state index in [-0.39, 0.29) is 25.1 Å².